The Bertz CT molecular complexity index is 1490. The molecule has 1 aliphatic heterocycles. The molecule has 0 aliphatic carbocycles. The van der Waals surface area contributed by atoms with Gasteiger partial charge in [0.15, 0.2) is 6.10 Å². The van der Waals surface area contributed by atoms with Crippen molar-refractivity contribution in [2.24, 2.45) is 5.41 Å². The van der Waals surface area contributed by atoms with Gasteiger partial charge >= 0.3 is 12.1 Å². The second-order valence-corrected chi connectivity index (χ2v) is 14.3. The van der Waals surface area contributed by atoms with Crippen molar-refractivity contribution >= 4 is 5.97 Å². The Morgan fingerprint density at radius 1 is 0.939 bits per heavy atom. The maximum Gasteiger partial charge on any atom is 0.395 e. The fraction of sp³-hybridized carbons (Fsp3) is 0.513. The first-order valence-corrected chi connectivity index (χ1v) is 16.8. The molecule has 0 amide bonds. The van der Waals surface area contributed by atoms with Gasteiger partial charge in [0.05, 0.1) is 18.1 Å². The van der Waals surface area contributed by atoms with Crippen LogP contribution in [-0.2, 0) is 32.6 Å². The molecule has 1 saturated heterocycles. The molecule has 3 aromatic rings. The highest BCUT2D eigenvalue weighted by molar-refractivity contribution is 5.72. The van der Waals surface area contributed by atoms with Crippen LogP contribution in [0.15, 0.2) is 72.8 Å². The fourth-order valence-corrected chi connectivity index (χ4v) is 6.64. The highest BCUT2D eigenvalue weighted by Crippen LogP contribution is 2.45. The van der Waals surface area contributed by atoms with Gasteiger partial charge in [-0.3, -0.25) is 4.90 Å². The van der Waals surface area contributed by atoms with E-state index < -0.39 is 23.7 Å². The van der Waals surface area contributed by atoms with Crippen LogP contribution < -0.4 is 9.47 Å². The lowest BCUT2D eigenvalue weighted by Gasteiger charge is -2.46. The lowest BCUT2D eigenvalue weighted by Crippen LogP contribution is -2.47. The minimum absolute atomic E-state index is 0.147. The third kappa shape index (κ3) is 10.4. The number of carboxylic acids is 1. The van der Waals surface area contributed by atoms with E-state index >= 15 is 0 Å². The number of hydrogen-bond donors (Lipinski definition) is 1. The summed E-state index contributed by atoms with van der Waals surface area (Å²) in [5.74, 6) is 0.914. The van der Waals surface area contributed by atoms with E-state index in [0.717, 1.165) is 35.3 Å². The van der Waals surface area contributed by atoms with Gasteiger partial charge in [-0.05, 0) is 114 Å². The normalized spacial score (nSPS) is 18.7. The van der Waals surface area contributed by atoms with Gasteiger partial charge in [0.2, 0.25) is 0 Å². The van der Waals surface area contributed by atoms with Gasteiger partial charge in [-0.25, -0.2) is 4.79 Å². The summed E-state index contributed by atoms with van der Waals surface area (Å²) in [7, 11) is 1.63. The number of benzene rings is 3. The van der Waals surface area contributed by atoms with E-state index in [9.17, 15) is 23.1 Å². The number of carbonyl (C=O) groups is 1. The zero-order chi connectivity index (χ0) is 35.9. The highest BCUT2D eigenvalue weighted by atomic mass is 19.4. The van der Waals surface area contributed by atoms with Crippen LogP contribution in [0.5, 0.6) is 17.2 Å². The van der Waals surface area contributed by atoms with Crippen LogP contribution in [0.4, 0.5) is 13.2 Å². The van der Waals surface area contributed by atoms with Gasteiger partial charge in [0.25, 0.3) is 0 Å². The molecule has 10 heteroatoms. The summed E-state index contributed by atoms with van der Waals surface area (Å²) in [5.41, 5.74) is 0.294. The third-order valence-corrected chi connectivity index (χ3v) is 9.39. The number of halogens is 3. The highest BCUT2D eigenvalue weighted by Gasteiger charge is 2.48. The molecule has 0 bridgehead atoms. The van der Waals surface area contributed by atoms with Crippen LogP contribution in [0.2, 0.25) is 0 Å². The van der Waals surface area contributed by atoms with Gasteiger partial charge in [0.1, 0.15) is 17.2 Å². The predicted molar refractivity (Wildman–Crippen MR) is 183 cm³/mol. The Morgan fingerprint density at radius 2 is 1.51 bits per heavy atom. The van der Waals surface area contributed by atoms with E-state index in [2.05, 4.69) is 26.0 Å². The Morgan fingerprint density at radius 3 is 2.02 bits per heavy atom. The number of hydrogen-bond acceptors (Lipinski definition) is 6. The summed E-state index contributed by atoms with van der Waals surface area (Å²) in [6.45, 7) is 9.98. The van der Waals surface area contributed by atoms with Crippen molar-refractivity contribution in [1.29, 1.82) is 0 Å². The van der Waals surface area contributed by atoms with E-state index in [1.807, 2.05) is 41.3 Å². The molecule has 2 atom stereocenters. The van der Waals surface area contributed by atoms with Crippen molar-refractivity contribution < 1.29 is 42.0 Å². The third-order valence-electron chi connectivity index (χ3n) is 9.39. The fourth-order valence-electron chi connectivity index (χ4n) is 6.64. The number of aliphatic carboxylic acids is 1. The molecule has 0 spiro atoms. The maximum absolute atomic E-state index is 14.2. The van der Waals surface area contributed by atoms with E-state index in [4.69, 9.17) is 18.9 Å². The van der Waals surface area contributed by atoms with E-state index in [0.29, 0.717) is 44.2 Å². The Kier molecular flexibility index (Phi) is 12.4. The van der Waals surface area contributed by atoms with Crippen molar-refractivity contribution in [2.45, 2.75) is 90.1 Å². The molecule has 49 heavy (non-hydrogen) atoms. The number of ether oxygens (including phenoxy) is 4. The lowest BCUT2D eigenvalue weighted by molar-refractivity contribution is -0.217. The molecular weight excluding hydrogens is 635 g/mol. The molecular formula is C39H50F3NO6. The van der Waals surface area contributed by atoms with Gasteiger partial charge in [-0.1, -0.05) is 36.4 Å². The molecule has 7 nitrogen and oxygen atoms in total. The van der Waals surface area contributed by atoms with Gasteiger partial charge in [-0.15, -0.1) is 0 Å². The number of rotatable bonds is 16. The first-order chi connectivity index (χ1) is 23.0. The number of nitrogens with zero attached hydrogens (tertiary/aromatic N) is 1. The van der Waals surface area contributed by atoms with Crippen molar-refractivity contribution in [3.8, 4) is 17.2 Å². The van der Waals surface area contributed by atoms with Crippen LogP contribution in [0.3, 0.4) is 0 Å². The van der Waals surface area contributed by atoms with Crippen LogP contribution in [0.25, 0.3) is 0 Å². The molecule has 3 aromatic carbocycles. The smallest absolute Gasteiger partial charge is 0.395 e. The van der Waals surface area contributed by atoms with Crippen molar-refractivity contribution in [1.82, 2.24) is 4.90 Å². The zero-order valence-electron chi connectivity index (χ0n) is 29.4. The lowest BCUT2D eigenvalue weighted by atomic mass is 9.67. The molecule has 0 aromatic heterocycles. The van der Waals surface area contributed by atoms with Crippen molar-refractivity contribution in [3.63, 3.8) is 0 Å². The van der Waals surface area contributed by atoms with E-state index in [-0.39, 0.29) is 24.0 Å². The molecule has 268 valence electrons. The predicted octanol–water partition coefficient (Wildman–Crippen LogP) is 8.83. The molecule has 0 radical (unpaired) electrons. The summed E-state index contributed by atoms with van der Waals surface area (Å²) < 4.78 is 65.2. The van der Waals surface area contributed by atoms with E-state index in [1.54, 1.807) is 38.3 Å². The first kappa shape index (κ1) is 38.2. The summed E-state index contributed by atoms with van der Waals surface area (Å²) in [4.78, 5) is 13.3. The summed E-state index contributed by atoms with van der Waals surface area (Å²) in [5, 5.41) is 9.36. The summed E-state index contributed by atoms with van der Waals surface area (Å²) in [6.07, 6.45) is -2.82. The minimum atomic E-state index is -4.36. The van der Waals surface area contributed by atoms with Crippen LogP contribution >= 0.6 is 0 Å². The van der Waals surface area contributed by atoms with Crippen LogP contribution in [0, 0.1) is 5.41 Å². The molecule has 1 heterocycles. The maximum atomic E-state index is 14.2. The quantitative estimate of drug-likeness (QED) is 0.162. The average molecular weight is 686 g/mol. The Labute approximate surface area is 288 Å². The molecule has 0 unspecified atom stereocenters. The Balaban J connectivity index is 1.49. The second-order valence-electron chi connectivity index (χ2n) is 14.3. The Hall–Kier alpha value is -3.60. The summed E-state index contributed by atoms with van der Waals surface area (Å²) >= 11 is 0. The molecule has 1 aliphatic rings. The van der Waals surface area contributed by atoms with E-state index in [1.165, 1.54) is 13.8 Å². The monoisotopic (exact) mass is 685 g/mol. The molecule has 4 rings (SSSR count). The van der Waals surface area contributed by atoms with Crippen molar-refractivity contribution in [2.75, 3.05) is 33.4 Å². The van der Waals surface area contributed by atoms with Crippen molar-refractivity contribution in [3.05, 3.63) is 89.5 Å². The topological polar surface area (TPSA) is 77.5 Å². The SMILES string of the molecule is CCO[C@@H](Cc1ccc(Oc2ccc(CN(CC[C@@]3(c4ccc(OC)cc4)CCOC(C)(C)C3)CC(C)(C)C(F)(F)F)cc2)cc1)C(=O)O. The largest absolute Gasteiger partial charge is 0.497 e. The van der Waals surface area contributed by atoms with Gasteiger partial charge in [-0.2, -0.15) is 13.2 Å². The standard InChI is InChI=1S/C39H50F3NO6/c1-7-47-34(35(44)45)24-28-8-14-32(15-9-28)49-33-16-10-29(11-17-33)25-43(27-36(2,3)39(40,41)42)22-20-38(21-23-48-37(4,5)26-38)30-12-18-31(46-6)19-13-30/h8-19,34H,7,20-27H2,1-6H3,(H,44,45)/t34-,38+/m0/s1. The molecule has 1 N–H and O–H groups in total. The van der Waals surface area contributed by atoms with Crippen LogP contribution in [0.1, 0.15) is 70.6 Å². The minimum Gasteiger partial charge on any atom is -0.497 e. The molecule has 1 fully saturated rings. The molecule has 0 saturated carbocycles. The first-order valence-electron chi connectivity index (χ1n) is 16.8. The van der Waals surface area contributed by atoms with Crippen LogP contribution in [-0.4, -0.2) is 67.3 Å². The van der Waals surface area contributed by atoms with Gasteiger partial charge < -0.3 is 24.1 Å². The number of alkyl halides is 3. The number of carboxylic acid groups (broad SMARTS) is 1. The second kappa shape index (κ2) is 16.0. The zero-order valence-corrected chi connectivity index (χ0v) is 29.4. The average Bonchev–Trinajstić information content (AvgIpc) is 3.04. The van der Waals surface area contributed by atoms with Gasteiger partial charge in [0, 0.05) is 38.1 Å². The number of methoxy groups -OCH3 is 1. The summed E-state index contributed by atoms with van der Waals surface area (Å²) in [6, 6.07) is 22.6.